The molecule has 0 aromatic heterocycles. The summed E-state index contributed by atoms with van der Waals surface area (Å²) in [6.45, 7) is 13.2. The first-order valence-electron chi connectivity index (χ1n) is 42.7. The van der Waals surface area contributed by atoms with Crippen LogP contribution in [-0.4, -0.2) is 156 Å². The largest absolute Gasteiger partial charge is 0.496 e. The number of rotatable bonds is 15. The zero-order chi connectivity index (χ0) is 74.7. The van der Waals surface area contributed by atoms with Crippen LogP contribution in [0.3, 0.4) is 0 Å². The molecule has 586 valence electrons. The van der Waals surface area contributed by atoms with Crippen LogP contribution < -0.4 is 34.3 Å². The third-order valence-corrected chi connectivity index (χ3v) is 28.5. The molecule has 9 atom stereocenters. The quantitative estimate of drug-likeness (QED) is 0.102. The summed E-state index contributed by atoms with van der Waals surface area (Å²) in [5, 5.41) is 5.60. The Morgan fingerprint density at radius 2 is 0.954 bits per heavy atom. The number of fused-ring (bicyclic) bond motifs is 7. The van der Waals surface area contributed by atoms with E-state index in [2.05, 4.69) is 90.9 Å². The summed E-state index contributed by atoms with van der Waals surface area (Å²) >= 11 is 0. The molecule has 0 spiro atoms. The van der Waals surface area contributed by atoms with Crippen LogP contribution in [-0.2, 0) is 9.53 Å². The number of amides is 2. The number of likely N-dealkylation sites (tertiary alicyclic amines) is 4. The highest BCUT2D eigenvalue weighted by atomic mass is 19.1. The molecule has 15 heteroatoms. The Labute approximate surface area is 650 Å². The van der Waals surface area contributed by atoms with Crippen molar-refractivity contribution >= 4 is 17.5 Å². The third-order valence-electron chi connectivity index (χ3n) is 28.5. The van der Waals surface area contributed by atoms with Crippen molar-refractivity contribution in [2.24, 2.45) is 35.5 Å². The molecule has 0 radical (unpaired) electrons. The minimum atomic E-state index is -0.169. The number of anilines is 1. The van der Waals surface area contributed by atoms with Gasteiger partial charge in [-0.05, 0) is 352 Å². The maximum absolute atomic E-state index is 13.5. The maximum Gasteiger partial charge on any atom is 0.251 e. The van der Waals surface area contributed by atoms with Gasteiger partial charge in [-0.25, -0.2) is 4.39 Å². The van der Waals surface area contributed by atoms with Crippen molar-refractivity contribution in [2.45, 2.75) is 222 Å². The van der Waals surface area contributed by atoms with Crippen LogP contribution >= 0.6 is 0 Å². The molecule has 6 bridgehead atoms. The second-order valence-corrected chi connectivity index (χ2v) is 34.6. The molecule has 6 heterocycles. The number of hydrogen-bond donors (Lipinski definition) is 2. The highest BCUT2D eigenvalue weighted by Crippen LogP contribution is 2.50. The Balaban J connectivity index is 0.000000117. The maximum atomic E-state index is 13.5. The molecule has 11 fully saturated rings. The normalized spacial score (nSPS) is 27.0. The molecule has 6 aromatic rings. The van der Waals surface area contributed by atoms with E-state index in [-0.39, 0.29) is 17.6 Å². The molecule has 14 nitrogen and oxygen atoms in total. The molecule has 6 aliphatic heterocycles. The number of nitrogens with zero attached hydrogens (tertiary/aromatic N) is 4. The van der Waals surface area contributed by atoms with Crippen LogP contribution in [0.2, 0.25) is 0 Å². The number of methoxy groups -OCH3 is 3. The molecule has 2 N–H and O–H groups in total. The molecule has 6 unspecified atom stereocenters. The standard InChI is InChI=1S/C29H38N2O2.C25H29NO2.C23H34N2O2.C17H24FNO2/c1-30-29(32)24-8-6-22(7-9-24)25-10-12-28(33-2)27(19-25)23-13-15-31(16-14-23)26-11-5-20-3-4-21(17-20)18-26;1-2-4-22(19-7-8-24-25(15-19)28-16-27-24)21(3-1)18-9-11-26(12-10-18)23-14-17-5-6-20(23)13-17;1-16(26)24-20-8-9-23(27-2)21(15-20)18-10-12-25(13-11-18)22-5-3-4-17-6-7-19(22)14-17;1-20-17-3-2-14(18)12-16(17)13-4-8-19(9-5-13)15-6-10-21-11-7-15/h6-10,12,19-21,23,26H,3-5,11,13-18H2,1-2H3,(H,30,32);1-4,7-8,15,17-18,20,23H,5-6,9-14,16H2;8-9,15,17-19,22H,3-7,10-14H2,1-2H3,(H,24,26);2-3,12-13,15H,4-11H2,1H3/t;17?,20-,23-;17-,19?,22?;/m.00./s1. The molecule has 109 heavy (non-hydrogen) atoms. The van der Waals surface area contributed by atoms with Gasteiger partial charge in [0.15, 0.2) is 11.5 Å². The molecular formula is C94H125FN6O8. The minimum Gasteiger partial charge on any atom is -0.496 e. The molecular weight excluding hydrogens is 1360 g/mol. The van der Waals surface area contributed by atoms with Gasteiger partial charge in [-0.1, -0.05) is 87.1 Å². The van der Waals surface area contributed by atoms with E-state index in [0.717, 1.165) is 151 Å². The van der Waals surface area contributed by atoms with Crippen LogP contribution in [0.5, 0.6) is 28.7 Å². The van der Waals surface area contributed by atoms with Gasteiger partial charge >= 0.3 is 0 Å². The average molecular weight is 1490 g/mol. The van der Waals surface area contributed by atoms with E-state index in [1.807, 2.05) is 42.5 Å². The Bertz CT molecular complexity index is 3960. The summed E-state index contributed by atoms with van der Waals surface area (Å²) in [5.41, 5.74) is 11.6. The third kappa shape index (κ3) is 18.7. The van der Waals surface area contributed by atoms with E-state index in [9.17, 15) is 14.0 Å². The Morgan fingerprint density at radius 1 is 0.431 bits per heavy atom. The van der Waals surface area contributed by atoms with E-state index in [1.54, 1.807) is 47.4 Å². The van der Waals surface area contributed by atoms with Crippen LogP contribution in [0, 0.1) is 41.3 Å². The van der Waals surface area contributed by atoms with E-state index >= 15 is 0 Å². The minimum absolute atomic E-state index is 0.0239. The SMILES string of the molecule is CNC(=O)c1ccc(-c2ccc(OC)c(C3CCN(C4CCC5CCC(C5)C4)CC3)c2)cc1.COc1ccc(F)cc1C1CCN(C2CCOCC2)CC1.COc1ccc(NC(C)=O)cc1C1CCN(C2CCC[C@H]3CCC2C3)CC1.c1ccc(C2CCN([C@H]3CC4CC[C@H]3C4)CC2)c(-c2ccc3c(c2)OCO3)c1. The van der Waals surface area contributed by atoms with Crippen LogP contribution in [0.25, 0.3) is 22.3 Å². The van der Waals surface area contributed by atoms with Crippen LogP contribution in [0.15, 0.2) is 121 Å². The predicted molar refractivity (Wildman–Crippen MR) is 434 cm³/mol. The van der Waals surface area contributed by atoms with Gasteiger partial charge < -0.3 is 58.7 Å². The van der Waals surface area contributed by atoms with Gasteiger partial charge in [-0.3, -0.25) is 9.59 Å². The molecule has 12 aliphatic rings. The highest BCUT2D eigenvalue weighted by Gasteiger charge is 2.44. The summed E-state index contributed by atoms with van der Waals surface area (Å²) < 4.78 is 46.9. The lowest BCUT2D eigenvalue weighted by atomic mass is 9.83. The van der Waals surface area contributed by atoms with Gasteiger partial charge in [0, 0.05) is 68.2 Å². The lowest BCUT2D eigenvalue weighted by Crippen LogP contribution is -2.44. The first-order valence-corrected chi connectivity index (χ1v) is 42.7. The molecule has 6 aromatic carbocycles. The summed E-state index contributed by atoms with van der Waals surface area (Å²) in [5.74, 6) is 12.4. The first-order chi connectivity index (χ1) is 53.4. The van der Waals surface area contributed by atoms with E-state index in [4.69, 9.17) is 28.4 Å². The van der Waals surface area contributed by atoms with Crippen molar-refractivity contribution in [2.75, 3.05) is 106 Å². The van der Waals surface area contributed by atoms with Crippen molar-refractivity contribution in [3.05, 3.63) is 155 Å². The van der Waals surface area contributed by atoms with Gasteiger partial charge in [-0.2, -0.15) is 0 Å². The predicted octanol–water partition coefficient (Wildman–Crippen LogP) is 19.3. The molecule has 6 aliphatic carbocycles. The fourth-order valence-electron chi connectivity index (χ4n) is 22.6. The van der Waals surface area contributed by atoms with Gasteiger partial charge in [0.05, 0.1) is 21.3 Å². The topological polar surface area (TPSA) is 127 Å². The Kier molecular flexibility index (Phi) is 26.0. The van der Waals surface area contributed by atoms with Gasteiger partial charge in [0.1, 0.15) is 23.1 Å². The van der Waals surface area contributed by atoms with Crippen molar-refractivity contribution in [3.8, 4) is 51.0 Å². The van der Waals surface area contributed by atoms with Crippen molar-refractivity contribution in [3.63, 3.8) is 0 Å². The number of ether oxygens (including phenoxy) is 6. The molecule has 5 saturated heterocycles. The van der Waals surface area contributed by atoms with Crippen molar-refractivity contribution in [1.82, 2.24) is 24.9 Å². The monoisotopic (exact) mass is 1480 g/mol. The number of benzene rings is 6. The Hall–Kier alpha value is -7.01. The smallest absolute Gasteiger partial charge is 0.251 e. The fourth-order valence-corrected chi connectivity index (χ4v) is 22.6. The lowest BCUT2D eigenvalue weighted by molar-refractivity contribution is -0.114. The zero-order valence-corrected chi connectivity index (χ0v) is 66.2. The second kappa shape index (κ2) is 36.6. The van der Waals surface area contributed by atoms with Gasteiger partial charge in [-0.15, -0.1) is 0 Å². The second-order valence-electron chi connectivity index (χ2n) is 34.6. The fraction of sp³-hybridized carbons (Fsp3) is 0.596. The number of nitrogens with one attached hydrogen (secondary N) is 2. The van der Waals surface area contributed by atoms with Crippen molar-refractivity contribution in [1.29, 1.82) is 0 Å². The number of hydrogen-bond acceptors (Lipinski definition) is 12. The summed E-state index contributed by atoms with van der Waals surface area (Å²) in [4.78, 5) is 34.3. The molecule has 6 saturated carbocycles. The van der Waals surface area contributed by atoms with Crippen molar-refractivity contribution < 1.29 is 42.4 Å². The van der Waals surface area contributed by atoms with Crippen LogP contribution in [0.1, 0.15) is 230 Å². The summed E-state index contributed by atoms with van der Waals surface area (Å²) in [6, 6.07) is 43.9. The van der Waals surface area contributed by atoms with Crippen LogP contribution in [0.4, 0.5) is 10.1 Å². The van der Waals surface area contributed by atoms with Gasteiger partial charge in [0.2, 0.25) is 12.7 Å². The highest BCUT2D eigenvalue weighted by molar-refractivity contribution is 5.94. The number of carbonyl (C=O) groups excluding carboxylic acids is 2. The number of carbonyl (C=O) groups is 2. The van der Waals surface area contributed by atoms with Gasteiger partial charge in [0.25, 0.3) is 5.91 Å². The Morgan fingerprint density at radius 3 is 1.61 bits per heavy atom. The van der Waals surface area contributed by atoms with E-state index in [1.165, 1.54) is 220 Å². The molecule has 2 amide bonds. The first kappa shape index (κ1) is 77.3. The molecule has 18 rings (SSSR count). The lowest BCUT2D eigenvalue weighted by Gasteiger charge is -2.40. The number of piperidine rings is 4. The average Bonchev–Trinajstić information content (AvgIpc) is 1.73. The van der Waals surface area contributed by atoms with E-state index in [0.29, 0.717) is 42.1 Å². The summed E-state index contributed by atoms with van der Waals surface area (Å²) in [7, 11) is 6.85. The zero-order valence-electron chi connectivity index (χ0n) is 66.2. The van der Waals surface area contributed by atoms with E-state index < -0.39 is 0 Å². The summed E-state index contributed by atoms with van der Waals surface area (Å²) in [6.07, 6.45) is 35.3. The number of halogens is 1.